The molecule has 12 heteroatoms. The number of aromatic nitrogens is 4. The lowest BCUT2D eigenvalue weighted by atomic mass is 10.3. The summed E-state index contributed by atoms with van der Waals surface area (Å²) < 4.78 is 40.5. The van der Waals surface area contributed by atoms with Crippen LogP contribution in [-0.4, -0.2) is 28.0 Å². The number of hydrogen-bond donors (Lipinski definition) is 2. The van der Waals surface area contributed by atoms with Crippen molar-refractivity contribution in [1.82, 2.24) is 19.6 Å². The van der Waals surface area contributed by atoms with E-state index in [4.69, 9.17) is 23.2 Å². The van der Waals surface area contributed by atoms with Gasteiger partial charge in [0.25, 0.3) is 15.2 Å². The van der Waals surface area contributed by atoms with Crippen LogP contribution in [0.1, 0.15) is 0 Å². The van der Waals surface area contributed by atoms with E-state index < -0.39 is 26.8 Å². The molecular weight excluding hydrogens is 372 g/mol. The van der Waals surface area contributed by atoms with Crippen LogP contribution in [0.3, 0.4) is 0 Å². The molecule has 0 fully saturated rings. The van der Waals surface area contributed by atoms with Crippen LogP contribution in [0.2, 0.25) is 10.0 Å². The molecule has 120 valence electrons. The van der Waals surface area contributed by atoms with Gasteiger partial charge in [-0.3, -0.25) is 9.71 Å². The second kappa shape index (κ2) is 5.48. The lowest BCUT2D eigenvalue weighted by Crippen LogP contribution is -2.19. The molecule has 0 radical (unpaired) electrons. The fourth-order valence-corrected chi connectivity index (χ4v) is 3.33. The average molecular weight is 378 g/mol. The molecule has 0 unspecified atom stereocenters. The summed E-state index contributed by atoms with van der Waals surface area (Å²) in [6, 6.07) is 5.23. The summed E-state index contributed by atoms with van der Waals surface area (Å²) in [5.41, 5.74) is -1.30. The standard InChI is InChI=1S/C11H6Cl2FN5O3S/c12-5-2-1-3-6(13)9(5)18-23(21,22)10-16-8-4-7(14)15-11(20)19(8)17-10/h1-4,18H,(H,15,20). The van der Waals surface area contributed by atoms with Gasteiger partial charge in [0.15, 0.2) is 11.6 Å². The molecule has 0 saturated heterocycles. The van der Waals surface area contributed by atoms with Crippen LogP contribution in [0.25, 0.3) is 5.65 Å². The Morgan fingerprint density at radius 3 is 2.57 bits per heavy atom. The van der Waals surface area contributed by atoms with Gasteiger partial charge in [0, 0.05) is 6.07 Å². The maximum atomic E-state index is 13.1. The van der Waals surface area contributed by atoms with E-state index in [9.17, 15) is 17.6 Å². The molecule has 0 atom stereocenters. The van der Waals surface area contributed by atoms with Gasteiger partial charge in [0.05, 0.1) is 15.7 Å². The first kappa shape index (κ1) is 15.7. The number of para-hydroxylation sites is 1. The van der Waals surface area contributed by atoms with E-state index in [1.165, 1.54) is 18.2 Å². The van der Waals surface area contributed by atoms with Crippen LogP contribution in [-0.2, 0) is 10.0 Å². The normalized spacial score (nSPS) is 11.8. The number of nitrogens with one attached hydrogen (secondary N) is 2. The number of halogens is 3. The molecule has 0 aliphatic carbocycles. The van der Waals surface area contributed by atoms with Gasteiger partial charge in [-0.15, -0.1) is 5.10 Å². The van der Waals surface area contributed by atoms with Gasteiger partial charge in [0.1, 0.15) is 0 Å². The van der Waals surface area contributed by atoms with Crippen molar-refractivity contribution in [1.29, 1.82) is 0 Å². The zero-order chi connectivity index (χ0) is 16.8. The van der Waals surface area contributed by atoms with Crippen LogP contribution in [0.5, 0.6) is 0 Å². The SMILES string of the molecule is O=c1[nH]c(F)cc2nc(S(=O)(=O)Nc3c(Cl)cccc3Cl)nn12. The number of H-pyrrole nitrogens is 1. The number of rotatable bonds is 3. The second-order valence-corrected chi connectivity index (χ2v) is 6.68. The lowest BCUT2D eigenvalue weighted by Gasteiger charge is -2.08. The van der Waals surface area contributed by atoms with Crippen LogP contribution in [0, 0.1) is 5.95 Å². The van der Waals surface area contributed by atoms with E-state index in [0.717, 1.165) is 6.07 Å². The largest absolute Gasteiger partial charge is 0.350 e. The minimum Gasteiger partial charge on any atom is -0.282 e. The predicted octanol–water partition coefficient (Wildman–Crippen LogP) is 1.66. The molecular formula is C11H6Cl2FN5O3S. The third kappa shape index (κ3) is 2.87. The van der Waals surface area contributed by atoms with Crippen molar-refractivity contribution in [3.05, 3.63) is 50.7 Å². The number of hydrogen-bond acceptors (Lipinski definition) is 5. The summed E-state index contributed by atoms with van der Waals surface area (Å²) in [6.07, 6.45) is 0. The summed E-state index contributed by atoms with van der Waals surface area (Å²) in [4.78, 5) is 17.0. The summed E-state index contributed by atoms with van der Waals surface area (Å²) >= 11 is 11.8. The quantitative estimate of drug-likeness (QED) is 0.674. The molecule has 0 amide bonds. The number of benzene rings is 1. The first-order valence-electron chi connectivity index (χ1n) is 5.90. The molecule has 23 heavy (non-hydrogen) atoms. The Morgan fingerprint density at radius 2 is 1.91 bits per heavy atom. The Labute approximate surface area is 137 Å². The molecule has 3 rings (SSSR count). The van der Waals surface area contributed by atoms with Gasteiger partial charge >= 0.3 is 5.69 Å². The summed E-state index contributed by atoms with van der Waals surface area (Å²) in [5, 5.41) is 2.93. The number of fused-ring (bicyclic) bond motifs is 1. The smallest absolute Gasteiger partial charge is 0.282 e. The third-order valence-corrected chi connectivity index (χ3v) is 4.48. The third-order valence-electron chi connectivity index (χ3n) is 2.73. The van der Waals surface area contributed by atoms with E-state index in [0.29, 0.717) is 4.52 Å². The highest BCUT2D eigenvalue weighted by Gasteiger charge is 2.23. The van der Waals surface area contributed by atoms with Gasteiger partial charge in [0.2, 0.25) is 0 Å². The molecule has 0 saturated carbocycles. The summed E-state index contributed by atoms with van der Waals surface area (Å²) in [7, 11) is -4.29. The molecule has 2 heterocycles. The van der Waals surface area contributed by atoms with Crippen molar-refractivity contribution in [3.8, 4) is 0 Å². The molecule has 8 nitrogen and oxygen atoms in total. The Kier molecular flexibility index (Phi) is 3.74. The number of aromatic amines is 1. The molecule has 0 aliphatic heterocycles. The molecule has 0 aliphatic rings. The van der Waals surface area contributed by atoms with Crippen LogP contribution in [0.15, 0.2) is 34.2 Å². The van der Waals surface area contributed by atoms with Gasteiger partial charge in [-0.1, -0.05) is 29.3 Å². The van der Waals surface area contributed by atoms with Gasteiger partial charge in [-0.05, 0) is 12.1 Å². The number of anilines is 1. The van der Waals surface area contributed by atoms with Crippen molar-refractivity contribution in [2.75, 3.05) is 4.72 Å². The van der Waals surface area contributed by atoms with E-state index in [-0.39, 0.29) is 21.4 Å². The highest BCUT2D eigenvalue weighted by molar-refractivity contribution is 7.92. The van der Waals surface area contributed by atoms with Gasteiger partial charge < -0.3 is 0 Å². The average Bonchev–Trinajstić information content (AvgIpc) is 2.88. The zero-order valence-electron chi connectivity index (χ0n) is 10.9. The molecule has 1 aromatic carbocycles. The molecule has 0 bridgehead atoms. The first-order valence-corrected chi connectivity index (χ1v) is 8.14. The van der Waals surface area contributed by atoms with E-state index in [2.05, 4.69) is 14.8 Å². The monoisotopic (exact) mass is 377 g/mol. The Hall–Kier alpha value is -2.17. The van der Waals surface area contributed by atoms with E-state index >= 15 is 0 Å². The van der Waals surface area contributed by atoms with Crippen molar-refractivity contribution < 1.29 is 12.8 Å². The lowest BCUT2D eigenvalue weighted by molar-refractivity contribution is 0.568. The van der Waals surface area contributed by atoms with Crippen molar-refractivity contribution in [3.63, 3.8) is 0 Å². The summed E-state index contributed by atoms with van der Waals surface area (Å²) in [6.45, 7) is 0. The predicted molar refractivity (Wildman–Crippen MR) is 80.8 cm³/mol. The highest BCUT2D eigenvalue weighted by Crippen LogP contribution is 2.31. The van der Waals surface area contributed by atoms with Crippen molar-refractivity contribution in [2.45, 2.75) is 5.16 Å². The Morgan fingerprint density at radius 1 is 1.26 bits per heavy atom. The van der Waals surface area contributed by atoms with Crippen LogP contribution >= 0.6 is 23.2 Å². The van der Waals surface area contributed by atoms with Gasteiger partial charge in [-0.25, -0.2) is 4.79 Å². The van der Waals surface area contributed by atoms with E-state index in [1.54, 1.807) is 0 Å². The van der Waals surface area contributed by atoms with E-state index in [1.807, 2.05) is 4.98 Å². The minimum atomic E-state index is -4.29. The Bertz CT molecular complexity index is 1060. The number of sulfonamides is 1. The fourth-order valence-electron chi connectivity index (χ4n) is 1.74. The Balaban J connectivity index is 2.10. The maximum absolute atomic E-state index is 13.1. The fraction of sp³-hybridized carbons (Fsp3) is 0. The molecule has 2 N–H and O–H groups in total. The van der Waals surface area contributed by atoms with Crippen LogP contribution < -0.4 is 10.4 Å². The van der Waals surface area contributed by atoms with Crippen molar-refractivity contribution >= 4 is 44.6 Å². The minimum absolute atomic E-state index is 0.0604. The molecule has 3 aromatic rings. The topological polar surface area (TPSA) is 109 Å². The first-order chi connectivity index (χ1) is 10.8. The zero-order valence-corrected chi connectivity index (χ0v) is 13.2. The van der Waals surface area contributed by atoms with Crippen molar-refractivity contribution in [2.24, 2.45) is 0 Å². The second-order valence-electron chi connectivity index (χ2n) is 4.29. The van der Waals surface area contributed by atoms with Crippen LogP contribution in [0.4, 0.5) is 10.1 Å². The number of nitrogens with zero attached hydrogens (tertiary/aromatic N) is 3. The maximum Gasteiger partial charge on any atom is 0.350 e. The summed E-state index contributed by atoms with van der Waals surface area (Å²) in [5.74, 6) is -0.971. The van der Waals surface area contributed by atoms with Gasteiger partial charge in [-0.2, -0.15) is 22.3 Å². The molecule has 0 spiro atoms. The molecule has 2 aromatic heterocycles. The highest BCUT2D eigenvalue weighted by atomic mass is 35.5.